The van der Waals surface area contributed by atoms with E-state index in [0.29, 0.717) is 11.8 Å². The zero-order chi connectivity index (χ0) is 10.4. The first kappa shape index (κ1) is 9.83. The van der Waals surface area contributed by atoms with Crippen LogP contribution in [0.25, 0.3) is 0 Å². The number of rotatable bonds is 2. The number of ketones is 1. The van der Waals surface area contributed by atoms with Gasteiger partial charge in [-0.3, -0.25) is 9.69 Å². The minimum atomic E-state index is 0.481. The first-order chi connectivity index (χ1) is 7.24. The second kappa shape index (κ2) is 3.58. The molecule has 3 saturated carbocycles. The Morgan fingerprint density at radius 1 is 1.20 bits per heavy atom. The summed E-state index contributed by atoms with van der Waals surface area (Å²) in [6.07, 6.45) is 8.56. The molecule has 2 bridgehead atoms. The molecule has 0 radical (unpaired) electrons. The highest BCUT2D eigenvalue weighted by Crippen LogP contribution is 2.47. The van der Waals surface area contributed by atoms with Crippen molar-refractivity contribution in [1.82, 2.24) is 4.90 Å². The number of fused-ring (bicyclic) bond motifs is 2. The fraction of sp³-hybridized carbons (Fsp3) is 0.923. The Kier molecular flexibility index (Phi) is 2.35. The van der Waals surface area contributed by atoms with Crippen molar-refractivity contribution >= 4 is 5.78 Å². The predicted octanol–water partition coefficient (Wildman–Crippen LogP) is 2.23. The third-order valence-electron chi connectivity index (χ3n) is 5.02. The van der Waals surface area contributed by atoms with Gasteiger partial charge >= 0.3 is 0 Å². The number of nitrogens with zero attached hydrogens (tertiary/aromatic N) is 1. The van der Waals surface area contributed by atoms with Crippen molar-refractivity contribution in [3.63, 3.8) is 0 Å². The van der Waals surface area contributed by atoms with Crippen LogP contribution < -0.4 is 0 Å². The van der Waals surface area contributed by atoms with E-state index in [9.17, 15) is 4.79 Å². The Balaban J connectivity index is 1.65. The molecule has 3 fully saturated rings. The maximum atomic E-state index is 11.3. The third-order valence-corrected chi connectivity index (χ3v) is 5.02. The van der Waals surface area contributed by atoms with Crippen molar-refractivity contribution in [1.29, 1.82) is 0 Å². The molecule has 0 N–H and O–H groups in total. The van der Waals surface area contributed by atoms with E-state index >= 15 is 0 Å². The maximum Gasteiger partial charge on any atom is 0.134 e. The van der Waals surface area contributed by atoms with Gasteiger partial charge in [0, 0.05) is 24.9 Å². The van der Waals surface area contributed by atoms with E-state index in [1.54, 1.807) is 0 Å². The van der Waals surface area contributed by atoms with Crippen LogP contribution in [0.15, 0.2) is 0 Å². The van der Waals surface area contributed by atoms with Crippen LogP contribution in [-0.2, 0) is 4.79 Å². The van der Waals surface area contributed by atoms with Gasteiger partial charge in [-0.05, 0) is 44.6 Å². The highest BCUT2D eigenvalue weighted by atomic mass is 16.1. The Bertz CT molecular complexity index is 276. The average molecular weight is 207 g/mol. The summed E-state index contributed by atoms with van der Waals surface area (Å²) in [5.74, 6) is 2.45. The van der Waals surface area contributed by atoms with Crippen molar-refractivity contribution in [3.8, 4) is 0 Å². The van der Waals surface area contributed by atoms with Gasteiger partial charge in [-0.15, -0.1) is 0 Å². The SMILES string of the molecule is CN(C1CCC(=O)C1)C1CC2CCC1C2. The second-order valence-electron chi connectivity index (χ2n) is 5.84. The lowest BCUT2D eigenvalue weighted by molar-refractivity contribution is -0.117. The van der Waals surface area contributed by atoms with Crippen LogP contribution in [0.5, 0.6) is 0 Å². The number of Topliss-reactive ketones (excluding diaryl/α,β-unsaturated/α-hetero) is 1. The number of carbonyl (C=O) groups is 1. The zero-order valence-electron chi connectivity index (χ0n) is 9.61. The standard InChI is InChI=1S/C13H21NO/c1-14(11-4-5-12(15)8-11)13-7-9-2-3-10(13)6-9/h9-11,13H,2-8H2,1H3. The third kappa shape index (κ3) is 1.63. The molecule has 0 aromatic heterocycles. The normalized spacial score (nSPS) is 44.5. The van der Waals surface area contributed by atoms with Gasteiger partial charge in [0.15, 0.2) is 0 Å². The van der Waals surface area contributed by atoms with Crippen LogP contribution in [-0.4, -0.2) is 29.8 Å². The van der Waals surface area contributed by atoms with Crippen molar-refractivity contribution < 1.29 is 4.79 Å². The van der Waals surface area contributed by atoms with Crippen molar-refractivity contribution in [3.05, 3.63) is 0 Å². The summed E-state index contributed by atoms with van der Waals surface area (Å²) >= 11 is 0. The molecule has 3 aliphatic rings. The monoisotopic (exact) mass is 207 g/mol. The smallest absolute Gasteiger partial charge is 0.134 e. The fourth-order valence-electron chi connectivity index (χ4n) is 4.12. The fourth-order valence-corrected chi connectivity index (χ4v) is 4.12. The summed E-state index contributed by atoms with van der Waals surface area (Å²) in [5.41, 5.74) is 0. The van der Waals surface area contributed by atoms with Gasteiger partial charge in [-0.2, -0.15) is 0 Å². The van der Waals surface area contributed by atoms with Gasteiger partial charge in [0.25, 0.3) is 0 Å². The maximum absolute atomic E-state index is 11.3. The molecule has 3 aliphatic carbocycles. The predicted molar refractivity (Wildman–Crippen MR) is 59.6 cm³/mol. The summed E-state index contributed by atoms with van der Waals surface area (Å²) in [4.78, 5) is 13.9. The number of hydrogen-bond donors (Lipinski definition) is 0. The molecule has 15 heavy (non-hydrogen) atoms. The Hall–Kier alpha value is -0.370. The molecule has 0 amide bonds. The van der Waals surface area contributed by atoms with E-state index in [1.807, 2.05) is 0 Å². The Morgan fingerprint density at radius 3 is 2.60 bits per heavy atom. The van der Waals surface area contributed by atoms with E-state index in [2.05, 4.69) is 11.9 Å². The highest BCUT2D eigenvalue weighted by molar-refractivity contribution is 5.81. The van der Waals surface area contributed by atoms with Crippen LogP contribution in [0.3, 0.4) is 0 Å². The summed E-state index contributed by atoms with van der Waals surface area (Å²) in [7, 11) is 2.26. The quantitative estimate of drug-likeness (QED) is 0.692. The summed E-state index contributed by atoms with van der Waals surface area (Å²) in [5, 5.41) is 0. The van der Waals surface area contributed by atoms with Gasteiger partial charge in [-0.1, -0.05) is 6.42 Å². The molecule has 0 spiro atoms. The highest BCUT2D eigenvalue weighted by Gasteiger charge is 2.43. The molecular weight excluding hydrogens is 186 g/mol. The molecule has 0 aromatic rings. The van der Waals surface area contributed by atoms with Crippen LogP contribution in [0, 0.1) is 11.8 Å². The molecule has 3 rings (SSSR count). The van der Waals surface area contributed by atoms with Crippen molar-refractivity contribution in [2.45, 2.75) is 57.0 Å². The van der Waals surface area contributed by atoms with Gasteiger partial charge in [0.05, 0.1) is 0 Å². The lowest BCUT2D eigenvalue weighted by Crippen LogP contribution is -2.42. The van der Waals surface area contributed by atoms with Crippen molar-refractivity contribution in [2.75, 3.05) is 7.05 Å². The van der Waals surface area contributed by atoms with E-state index in [-0.39, 0.29) is 0 Å². The summed E-state index contributed by atoms with van der Waals surface area (Å²) in [6, 6.07) is 1.38. The Morgan fingerprint density at radius 2 is 2.07 bits per heavy atom. The van der Waals surface area contributed by atoms with Crippen LogP contribution in [0.1, 0.15) is 44.9 Å². The molecule has 0 heterocycles. The van der Waals surface area contributed by atoms with Crippen LogP contribution >= 0.6 is 0 Å². The van der Waals surface area contributed by atoms with E-state index in [1.165, 1.54) is 25.7 Å². The Labute approximate surface area is 92.0 Å². The van der Waals surface area contributed by atoms with Gasteiger partial charge < -0.3 is 0 Å². The number of hydrogen-bond acceptors (Lipinski definition) is 2. The molecule has 2 nitrogen and oxygen atoms in total. The van der Waals surface area contributed by atoms with Crippen molar-refractivity contribution in [2.24, 2.45) is 11.8 Å². The minimum absolute atomic E-state index is 0.481. The van der Waals surface area contributed by atoms with Gasteiger partial charge in [-0.25, -0.2) is 0 Å². The lowest BCUT2D eigenvalue weighted by atomic mass is 9.93. The van der Waals surface area contributed by atoms with Crippen LogP contribution in [0.4, 0.5) is 0 Å². The topological polar surface area (TPSA) is 20.3 Å². The van der Waals surface area contributed by atoms with E-state index in [0.717, 1.165) is 37.1 Å². The first-order valence-electron chi connectivity index (χ1n) is 6.47. The van der Waals surface area contributed by atoms with E-state index in [4.69, 9.17) is 0 Å². The largest absolute Gasteiger partial charge is 0.300 e. The second-order valence-corrected chi connectivity index (χ2v) is 5.84. The molecule has 4 unspecified atom stereocenters. The summed E-state index contributed by atoms with van der Waals surface area (Å²) in [6.45, 7) is 0. The molecular formula is C13H21NO. The lowest BCUT2D eigenvalue weighted by Gasteiger charge is -2.35. The summed E-state index contributed by atoms with van der Waals surface area (Å²) < 4.78 is 0. The molecule has 2 heteroatoms. The van der Waals surface area contributed by atoms with E-state index < -0.39 is 0 Å². The zero-order valence-corrected chi connectivity index (χ0v) is 9.61. The minimum Gasteiger partial charge on any atom is -0.300 e. The number of carbonyl (C=O) groups excluding carboxylic acids is 1. The molecule has 4 atom stereocenters. The van der Waals surface area contributed by atoms with Crippen LogP contribution in [0.2, 0.25) is 0 Å². The van der Waals surface area contributed by atoms with Gasteiger partial charge in [0.1, 0.15) is 5.78 Å². The molecule has 84 valence electrons. The molecule has 0 saturated heterocycles. The first-order valence-corrected chi connectivity index (χ1v) is 6.47. The average Bonchev–Trinajstić information content (AvgIpc) is 2.90. The van der Waals surface area contributed by atoms with Gasteiger partial charge in [0.2, 0.25) is 0 Å². The molecule has 0 aromatic carbocycles. The molecule has 0 aliphatic heterocycles.